The van der Waals surface area contributed by atoms with Crippen LogP contribution in [0.3, 0.4) is 0 Å². The van der Waals surface area contributed by atoms with Gasteiger partial charge in [0.2, 0.25) is 5.91 Å². The summed E-state index contributed by atoms with van der Waals surface area (Å²) in [6.07, 6.45) is 5.13. The van der Waals surface area contributed by atoms with Crippen LogP contribution in [-0.4, -0.2) is 54.6 Å². The molecule has 0 aromatic carbocycles. The van der Waals surface area contributed by atoms with Gasteiger partial charge in [0.25, 0.3) is 0 Å². The average molecular weight is 367 g/mol. The van der Waals surface area contributed by atoms with E-state index in [9.17, 15) is 4.79 Å². The van der Waals surface area contributed by atoms with Crippen molar-refractivity contribution in [3.05, 3.63) is 11.1 Å². The number of nitrogens with zero attached hydrogens (tertiary/aromatic N) is 3. The quantitative estimate of drug-likeness (QED) is 0.887. The van der Waals surface area contributed by atoms with Gasteiger partial charge in [-0.25, -0.2) is 4.98 Å². The van der Waals surface area contributed by atoms with Crippen LogP contribution in [0.25, 0.3) is 0 Å². The first-order valence-electron chi connectivity index (χ1n) is 7.49. The number of anilines is 1. The highest BCUT2D eigenvalue weighted by Gasteiger charge is 2.29. The summed E-state index contributed by atoms with van der Waals surface area (Å²) in [7, 11) is 0. The Morgan fingerprint density at radius 2 is 2.09 bits per heavy atom. The summed E-state index contributed by atoms with van der Waals surface area (Å²) in [5, 5.41) is 4.40. The average Bonchev–Trinajstić information content (AvgIpc) is 3.18. The third-order valence-electron chi connectivity index (χ3n) is 4.11. The van der Waals surface area contributed by atoms with Crippen molar-refractivity contribution in [2.75, 3.05) is 37.6 Å². The van der Waals surface area contributed by atoms with Gasteiger partial charge in [-0.3, -0.25) is 4.79 Å². The first-order valence-corrected chi connectivity index (χ1v) is 8.31. The Hall–Kier alpha value is -0.560. The maximum atomic E-state index is 12.3. The molecule has 3 rings (SSSR count). The van der Waals surface area contributed by atoms with Crippen LogP contribution in [0, 0.1) is 0 Å². The van der Waals surface area contributed by atoms with Crippen LogP contribution in [0.2, 0.25) is 0 Å². The van der Waals surface area contributed by atoms with E-state index < -0.39 is 0 Å². The highest BCUT2D eigenvalue weighted by Crippen LogP contribution is 2.24. The van der Waals surface area contributed by atoms with Gasteiger partial charge >= 0.3 is 0 Å². The SMILES string of the molecule is CCc1cnc(N2CCN(C(=O)C3CCCN3)CC2)s1.Cl.Cl. The fraction of sp³-hybridized carbons (Fsp3) is 0.714. The Morgan fingerprint density at radius 3 is 2.64 bits per heavy atom. The Bertz CT molecular complexity index is 471. The van der Waals surface area contributed by atoms with Gasteiger partial charge in [-0.15, -0.1) is 36.2 Å². The zero-order valence-electron chi connectivity index (χ0n) is 12.8. The fourth-order valence-corrected chi connectivity index (χ4v) is 3.74. The Morgan fingerprint density at radius 1 is 1.36 bits per heavy atom. The molecule has 0 bridgehead atoms. The number of halogens is 2. The Kier molecular flexibility index (Phi) is 7.89. The van der Waals surface area contributed by atoms with Crippen LogP contribution in [0.4, 0.5) is 5.13 Å². The summed E-state index contributed by atoms with van der Waals surface area (Å²) >= 11 is 1.77. The molecule has 0 saturated carbocycles. The minimum Gasteiger partial charge on any atom is -0.345 e. The van der Waals surface area contributed by atoms with Crippen molar-refractivity contribution in [2.45, 2.75) is 32.2 Å². The number of piperazine rings is 1. The number of carbonyl (C=O) groups is 1. The number of hydrogen-bond donors (Lipinski definition) is 1. The van der Waals surface area contributed by atoms with E-state index in [0.29, 0.717) is 0 Å². The molecule has 22 heavy (non-hydrogen) atoms. The number of thiazole rings is 1. The van der Waals surface area contributed by atoms with E-state index in [0.717, 1.165) is 57.1 Å². The molecule has 1 unspecified atom stereocenters. The van der Waals surface area contributed by atoms with Crippen LogP contribution in [0.1, 0.15) is 24.6 Å². The maximum Gasteiger partial charge on any atom is 0.239 e. The molecule has 2 aliphatic rings. The van der Waals surface area contributed by atoms with Crippen LogP contribution in [0.5, 0.6) is 0 Å². The standard InChI is InChI=1S/C14H22N4OS.2ClH/c1-2-11-10-16-14(20-11)18-8-6-17(7-9-18)13(19)12-4-3-5-15-12;;/h10,12,15H,2-9H2,1H3;2*1H. The molecule has 2 aliphatic heterocycles. The number of carbonyl (C=O) groups excluding carboxylic acids is 1. The molecule has 8 heteroatoms. The molecule has 2 saturated heterocycles. The zero-order valence-corrected chi connectivity index (χ0v) is 15.2. The molecule has 0 spiro atoms. The van der Waals surface area contributed by atoms with Gasteiger partial charge < -0.3 is 15.1 Å². The van der Waals surface area contributed by atoms with E-state index in [1.165, 1.54) is 4.88 Å². The molecule has 1 atom stereocenters. The number of aromatic nitrogens is 1. The predicted octanol–water partition coefficient (Wildman–Crippen LogP) is 1.95. The van der Waals surface area contributed by atoms with Crippen molar-refractivity contribution in [2.24, 2.45) is 0 Å². The second-order valence-electron chi connectivity index (χ2n) is 5.42. The lowest BCUT2D eigenvalue weighted by molar-refractivity contribution is -0.133. The third-order valence-corrected chi connectivity index (χ3v) is 5.31. The van der Waals surface area contributed by atoms with Crippen molar-refractivity contribution in [1.82, 2.24) is 15.2 Å². The molecular weight excluding hydrogens is 343 g/mol. The molecule has 126 valence electrons. The first-order chi connectivity index (χ1) is 9.78. The number of hydrogen-bond acceptors (Lipinski definition) is 5. The van der Waals surface area contributed by atoms with E-state index in [1.807, 2.05) is 11.1 Å². The topological polar surface area (TPSA) is 48.5 Å². The van der Waals surface area contributed by atoms with Gasteiger partial charge in [0.05, 0.1) is 6.04 Å². The first kappa shape index (κ1) is 19.5. The zero-order chi connectivity index (χ0) is 13.9. The third kappa shape index (κ3) is 4.25. The second kappa shape index (κ2) is 8.91. The summed E-state index contributed by atoms with van der Waals surface area (Å²) in [6.45, 7) is 6.57. The highest BCUT2D eigenvalue weighted by atomic mass is 35.5. The van der Waals surface area contributed by atoms with Gasteiger partial charge in [-0.05, 0) is 25.8 Å². The molecule has 3 heterocycles. The van der Waals surface area contributed by atoms with Crippen LogP contribution in [-0.2, 0) is 11.2 Å². The molecule has 5 nitrogen and oxygen atoms in total. The van der Waals surface area contributed by atoms with E-state index in [2.05, 4.69) is 22.1 Å². The monoisotopic (exact) mass is 366 g/mol. The Labute approximate surface area is 148 Å². The van der Waals surface area contributed by atoms with E-state index in [-0.39, 0.29) is 36.8 Å². The van der Waals surface area contributed by atoms with Crippen LogP contribution in [0.15, 0.2) is 6.20 Å². The van der Waals surface area contributed by atoms with E-state index in [1.54, 1.807) is 11.3 Å². The Balaban J connectivity index is 0.00000121. The second-order valence-corrected chi connectivity index (χ2v) is 6.52. The number of rotatable bonds is 3. The molecule has 0 aliphatic carbocycles. The van der Waals surface area contributed by atoms with Gasteiger partial charge in [-0.1, -0.05) is 6.92 Å². The number of amides is 1. The lowest BCUT2D eigenvalue weighted by Gasteiger charge is -2.35. The van der Waals surface area contributed by atoms with Crippen molar-refractivity contribution in [1.29, 1.82) is 0 Å². The molecule has 0 radical (unpaired) electrons. The molecular formula is C14H24Cl2N4OS. The summed E-state index contributed by atoms with van der Waals surface area (Å²) in [5.41, 5.74) is 0. The molecule has 1 aromatic rings. The number of nitrogens with one attached hydrogen (secondary N) is 1. The largest absolute Gasteiger partial charge is 0.345 e. The molecule has 2 fully saturated rings. The molecule has 1 N–H and O–H groups in total. The van der Waals surface area contributed by atoms with Crippen LogP contribution >= 0.6 is 36.2 Å². The summed E-state index contributed by atoms with van der Waals surface area (Å²) < 4.78 is 0. The minimum absolute atomic E-state index is 0. The minimum atomic E-state index is 0. The lowest BCUT2D eigenvalue weighted by atomic mass is 10.2. The molecule has 1 amide bonds. The lowest BCUT2D eigenvalue weighted by Crippen LogP contribution is -2.53. The van der Waals surface area contributed by atoms with Crippen LogP contribution < -0.4 is 10.2 Å². The predicted molar refractivity (Wildman–Crippen MR) is 95.8 cm³/mol. The summed E-state index contributed by atoms with van der Waals surface area (Å²) in [5.74, 6) is 0.288. The van der Waals surface area contributed by atoms with Crippen molar-refractivity contribution < 1.29 is 4.79 Å². The smallest absolute Gasteiger partial charge is 0.239 e. The van der Waals surface area contributed by atoms with E-state index >= 15 is 0 Å². The van der Waals surface area contributed by atoms with Crippen molar-refractivity contribution >= 4 is 47.2 Å². The van der Waals surface area contributed by atoms with Gasteiger partial charge in [0, 0.05) is 37.3 Å². The van der Waals surface area contributed by atoms with Crippen molar-refractivity contribution in [3.8, 4) is 0 Å². The van der Waals surface area contributed by atoms with Gasteiger partial charge in [0.15, 0.2) is 5.13 Å². The van der Waals surface area contributed by atoms with Gasteiger partial charge in [-0.2, -0.15) is 0 Å². The molecule has 1 aromatic heterocycles. The van der Waals surface area contributed by atoms with Gasteiger partial charge in [0.1, 0.15) is 0 Å². The van der Waals surface area contributed by atoms with E-state index in [4.69, 9.17) is 0 Å². The summed E-state index contributed by atoms with van der Waals surface area (Å²) in [6, 6.07) is 0.0631. The number of aryl methyl sites for hydroxylation is 1. The summed E-state index contributed by atoms with van der Waals surface area (Å²) in [4.78, 5) is 22.4. The maximum absolute atomic E-state index is 12.3. The fourth-order valence-electron chi connectivity index (χ4n) is 2.84. The normalized spacial score (nSPS) is 21.2. The highest BCUT2D eigenvalue weighted by molar-refractivity contribution is 7.15. The van der Waals surface area contributed by atoms with Crippen molar-refractivity contribution in [3.63, 3.8) is 0 Å².